The molecule has 0 saturated heterocycles. The predicted molar refractivity (Wildman–Crippen MR) is 69.1 cm³/mol. The molecule has 19 heavy (non-hydrogen) atoms. The Morgan fingerprint density at radius 1 is 1.16 bits per heavy atom. The van der Waals surface area contributed by atoms with E-state index in [1.165, 1.54) is 5.56 Å². The number of nitrogens with one attached hydrogen (secondary N) is 1. The molecule has 1 aromatic rings. The van der Waals surface area contributed by atoms with E-state index in [0.29, 0.717) is 6.54 Å². The van der Waals surface area contributed by atoms with Crippen molar-refractivity contribution in [1.29, 1.82) is 0 Å². The van der Waals surface area contributed by atoms with Crippen LogP contribution in [0.15, 0.2) is 24.3 Å². The zero-order valence-electron chi connectivity index (χ0n) is 11.3. The van der Waals surface area contributed by atoms with Crippen LogP contribution in [0.5, 0.6) is 0 Å². The maximum atomic E-state index is 12.0. The van der Waals surface area contributed by atoms with Gasteiger partial charge in [0.25, 0.3) is 0 Å². The lowest BCUT2D eigenvalue weighted by Crippen LogP contribution is -2.28. The van der Waals surface area contributed by atoms with Crippen molar-refractivity contribution in [3.8, 4) is 0 Å². The van der Waals surface area contributed by atoms with Gasteiger partial charge >= 0.3 is 6.18 Å². The van der Waals surface area contributed by atoms with Gasteiger partial charge in [-0.15, -0.1) is 0 Å². The van der Waals surface area contributed by atoms with E-state index in [1.807, 2.05) is 31.2 Å². The quantitative estimate of drug-likeness (QED) is 0.822. The molecule has 0 fully saturated rings. The monoisotopic (exact) mass is 275 g/mol. The SMILES string of the molecule is CCNC(COCC(F)(F)F)c1ccc(CC)cc1. The highest BCUT2D eigenvalue weighted by atomic mass is 19.4. The van der Waals surface area contributed by atoms with Gasteiger partial charge in [0.1, 0.15) is 6.61 Å². The molecule has 2 nitrogen and oxygen atoms in total. The average Bonchev–Trinajstić information content (AvgIpc) is 2.36. The minimum absolute atomic E-state index is 0.0127. The second-order valence-electron chi connectivity index (χ2n) is 4.34. The number of rotatable bonds is 7. The van der Waals surface area contributed by atoms with Gasteiger partial charge in [-0.2, -0.15) is 13.2 Å². The Morgan fingerprint density at radius 2 is 1.79 bits per heavy atom. The molecular weight excluding hydrogens is 255 g/mol. The Kier molecular flexibility index (Phi) is 6.31. The van der Waals surface area contributed by atoms with E-state index in [1.54, 1.807) is 0 Å². The summed E-state index contributed by atoms with van der Waals surface area (Å²) in [6.07, 6.45) is -3.33. The molecule has 0 radical (unpaired) electrons. The normalized spacial score (nSPS) is 13.5. The molecule has 0 aliphatic rings. The van der Waals surface area contributed by atoms with Crippen LogP contribution < -0.4 is 5.32 Å². The van der Waals surface area contributed by atoms with E-state index >= 15 is 0 Å². The molecule has 0 heterocycles. The van der Waals surface area contributed by atoms with Gasteiger partial charge in [0.15, 0.2) is 0 Å². The molecule has 0 aliphatic heterocycles. The van der Waals surface area contributed by atoms with Gasteiger partial charge in [0.05, 0.1) is 12.6 Å². The van der Waals surface area contributed by atoms with Gasteiger partial charge in [0, 0.05) is 0 Å². The van der Waals surface area contributed by atoms with E-state index in [0.717, 1.165) is 12.0 Å². The van der Waals surface area contributed by atoms with Crippen molar-refractivity contribution in [1.82, 2.24) is 5.32 Å². The van der Waals surface area contributed by atoms with E-state index < -0.39 is 12.8 Å². The van der Waals surface area contributed by atoms with Crippen LogP contribution in [0.1, 0.15) is 31.0 Å². The first-order chi connectivity index (χ1) is 8.96. The molecule has 1 N–H and O–H groups in total. The molecule has 0 amide bonds. The fourth-order valence-corrected chi connectivity index (χ4v) is 1.80. The zero-order valence-corrected chi connectivity index (χ0v) is 11.3. The smallest absolute Gasteiger partial charge is 0.370 e. The standard InChI is InChI=1S/C14H20F3NO/c1-3-11-5-7-12(8-6-11)13(18-4-2)9-19-10-14(15,16)17/h5-8,13,18H,3-4,9-10H2,1-2H3. The van der Waals surface area contributed by atoms with Gasteiger partial charge in [-0.25, -0.2) is 0 Å². The third-order valence-electron chi connectivity index (χ3n) is 2.79. The second-order valence-corrected chi connectivity index (χ2v) is 4.34. The van der Waals surface area contributed by atoms with Crippen LogP contribution >= 0.6 is 0 Å². The zero-order chi connectivity index (χ0) is 14.3. The minimum Gasteiger partial charge on any atom is -0.370 e. The first kappa shape index (κ1) is 16.0. The second kappa shape index (κ2) is 7.50. The molecule has 108 valence electrons. The third kappa shape index (κ3) is 6.07. The number of hydrogen-bond donors (Lipinski definition) is 1. The lowest BCUT2D eigenvalue weighted by molar-refractivity contribution is -0.175. The van der Waals surface area contributed by atoms with Crippen LogP contribution in [0, 0.1) is 0 Å². The molecule has 0 aliphatic carbocycles. The van der Waals surface area contributed by atoms with Crippen LogP contribution in [-0.4, -0.2) is 25.9 Å². The van der Waals surface area contributed by atoms with Crippen LogP contribution in [0.25, 0.3) is 0 Å². The fraction of sp³-hybridized carbons (Fsp3) is 0.571. The minimum atomic E-state index is -4.27. The van der Waals surface area contributed by atoms with Crippen LogP contribution in [-0.2, 0) is 11.2 Å². The number of alkyl halides is 3. The highest BCUT2D eigenvalue weighted by molar-refractivity contribution is 5.25. The Labute approximate surface area is 112 Å². The third-order valence-corrected chi connectivity index (χ3v) is 2.79. The lowest BCUT2D eigenvalue weighted by Gasteiger charge is -2.19. The van der Waals surface area contributed by atoms with Gasteiger partial charge in [0.2, 0.25) is 0 Å². The largest absolute Gasteiger partial charge is 0.411 e. The number of ether oxygens (including phenoxy) is 1. The average molecular weight is 275 g/mol. The first-order valence-electron chi connectivity index (χ1n) is 6.43. The summed E-state index contributed by atoms with van der Waals surface area (Å²) in [6, 6.07) is 7.64. The lowest BCUT2D eigenvalue weighted by atomic mass is 10.0. The first-order valence-corrected chi connectivity index (χ1v) is 6.43. The molecular formula is C14H20F3NO. The van der Waals surface area contributed by atoms with Crippen molar-refractivity contribution >= 4 is 0 Å². The number of aryl methyl sites for hydroxylation is 1. The molecule has 0 aromatic heterocycles. The summed E-state index contributed by atoms with van der Waals surface area (Å²) in [7, 11) is 0. The van der Waals surface area contributed by atoms with Gasteiger partial charge in [-0.05, 0) is 24.1 Å². The predicted octanol–water partition coefficient (Wildman–Crippen LogP) is 3.48. The molecule has 0 bridgehead atoms. The molecule has 0 spiro atoms. The van der Waals surface area contributed by atoms with Crippen LogP contribution in [0.3, 0.4) is 0 Å². The van der Waals surface area contributed by atoms with Crippen molar-refractivity contribution in [2.24, 2.45) is 0 Å². The van der Waals surface area contributed by atoms with Crippen molar-refractivity contribution in [3.05, 3.63) is 35.4 Å². The van der Waals surface area contributed by atoms with Gasteiger partial charge in [-0.3, -0.25) is 0 Å². The maximum Gasteiger partial charge on any atom is 0.411 e. The van der Waals surface area contributed by atoms with Crippen molar-refractivity contribution < 1.29 is 17.9 Å². The summed E-state index contributed by atoms with van der Waals surface area (Å²) in [6.45, 7) is 3.46. The summed E-state index contributed by atoms with van der Waals surface area (Å²) in [4.78, 5) is 0. The maximum absolute atomic E-state index is 12.0. The highest BCUT2D eigenvalue weighted by Crippen LogP contribution is 2.18. The van der Waals surface area contributed by atoms with E-state index in [-0.39, 0.29) is 12.6 Å². The van der Waals surface area contributed by atoms with Crippen molar-refractivity contribution in [2.45, 2.75) is 32.5 Å². The molecule has 1 rings (SSSR count). The van der Waals surface area contributed by atoms with Crippen molar-refractivity contribution in [2.75, 3.05) is 19.8 Å². The molecule has 1 atom stereocenters. The summed E-state index contributed by atoms with van der Waals surface area (Å²) in [5, 5.41) is 3.13. The molecule has 1 unspecified atom stereocenters. The summed E-state index contributed by atoms with van der Waals surface area (Å²) in [5.74, 6) is 0. The number of benzene rings is 1. The van der Waals surface area contributed by atoms with E-state index in [4.69, 9.17) is 4.74 Å². The molecule has 1 aromatic carbocycles. The Morgan fingerprint density at radius 3 is 2.26 bits per heavy atom. The van der Waals surface area contributed by atoms with E-state index in [9.17, 15) is 13.2 Å². The Bertz CT molecular complexity index is 362. The van der Waals surface area contributed by atoms with Gasteiger partial charge in [-0.1, -0.05) is 38.1 Å². The van der Waals surface area contributed by atoms with Gasteiger partial charge < -0.3 is 10.1 Å². The summed E-state index contributed by atoms with van der Waals surface area (Å²) < 4.78 is 40.9. The molecule has 0 saturated carbocycles. The summed E-state index contributed by atoms with van der Waals surface area (Å²) in [5.41, 5.74) is 2.15. The Hall–Kier alpha value is -1.07. The number of likely N-dealkylation sites (N-methyl/N-ethyl adjacent to an activating group) is 1. The van der Waals surface area contributed by atoms with Crippen molar-refractivity contribution in [3.63, 3.8) is 0 Å². The molecule has 5 heteroatoms. The van der Waals surface area contributed by atoms with E-state index in [2.05, 4.69) is 12.2 Å². The number of hydrogen-bond acceptors (Lipinski definition) is 2. The highest BCUT2D eigenvalue weighted by Gasteiger charge is 2.28. The number of halogens is 3. The Balaban J connectivity index is 2.60. The van der Waals surface area contributed by atoms with Crippen LogP contribution in [0.2, 0.25) is 0 Å². The topological polar surface area (TPSA) is 21.3 Å². The fourth-order valence-electron chi connectivity index (χ4n) is 1.80. The summed E-state index contributed by atoms with van der Waals surface area (Å²) >= 11 is 0. The van der Waals surface area contributed by atoms with Crippen LogP contribution in [0.4, 0.5) is 13.2 Å².